The lowest BCUT2D eigenvalue weighted by Gasteiger charge is -2.26. The third kappa shape index (κ3) is 3.11. The number of H-pyrrole nitrogens is 1. The Kier molecular flexibility index (Phi) is 4.63. The van der Waals surface area contributed by atoms with Crippen molar-refractivity contribution in [3.8, 4) is 22.8 Å². The van der Waals surface area contributed by atoms with Crippen LogP contribution in [0.25, 0.3) is 11.3 Å². The van der Waals surface area contributed by atoms with Crippen molar-refractivity contribution in [3.05, 3.63) is 89.9 Å². The molecule has 7 heteroatoms. The number of nitrogens with one attached hydrogen (secondary N) is 1. The number of fused-ring (bicyclic) bond motifs is 1. The largest absolute Gasteiger partial charge is 0.497 e. The van der Waals surface area contributed by atoms with Crippen LogP contribution in [0.1, 0.15) is 27.7 Å². The summed E-state index contributed by atoms with van der Waals surface area (Å²) >= 11 is 0. The molecular formula is C24H20N4O3. The van der Waals surface area contributed by atoms with Gasteiger partial charge in [0.15, 0.2) is 0 Å². The number of carbonyl (C=O) groups is 1. The molecule has 1 amide bonds. The van der Waals surface area contributed by atoms with Crippen LogP contribution in [-0.2, 0) is 0 Å². The molecule has 0 saturated carbocycles. The van der Waals surface area contributed by atoms with E-state index in [1.807, 2.05) is 60.7 Å². The first-order valence-electron chi connectivity index (χ1n) is 9.81. The first-order chi connectivity index (χ1) is 15.2. The highest BCUT2D eigenvalue weighted by Crippen LogP contribution is 2.45. The van der Waals surface area contributed by atoms with Gasteiger partial charge in [0, 0.05) is 29.2 Å². The average molecular weight is 412 g/mol. The van der Waals surface area contributed by atoms with Gasteiger partial charge in [-0.1, -0.05) is 6.07 Å². The zero-order valence-corrected chi connectivity index (χ0v) is 17.1. The standard InChI is InChI=1S/C24H20N4O3/c1-30-18-9-5-15(6-10-18)21-20-22(27-26-21)24(29)28(17-7-11-19(31-2)12-8-17)23(20)16-4-3-13-25-14-16/h3-14,23H,1-2H3,(H,26,27). The van der Waals surface area contributed by atoms with Gasteiger partial charge in [0.05, 0.1) is 26.0 Å². The number of methoxy groups -OCH3 is 2. The third-order valence-corrected chi connectivity index (χ3v) is 5.48. The summed E-state index contributed by atoms with van der Waals surface area (Å²) in [5.41, 5.74) is 4.62. The van der Waals surface area contributed by atoms with E-state index in [1.165, 1.54) is 0 Å². The maximum absolute atomic E-state index is 13.5. The van der Waals surface area contributed by atoms with Crippen molar-refractivity contribution >= 4 is 11.6 Å². The van der Waals surface area contributed by atoms with Crippen LogP contribution in [0.15, 0.2) is 73.1 Å². The number of nitrogens with zero attached hydrogens (tertiary/aromatic N) is 3. The predicted molar refractivity (Wildman–Crippen MR) is 116 cm³/mol. The summed E-state index contributed by atoms with van der Waals surface area (Å²) in [6, 6.07) is 18.6. The van der Waals surface area contributed by atoms with E-state index in [9.17, 15) is 4.79 Å². The molecule has 0 bridgehead atoms. The molecule has 31 heavy (non-hydrogen) atoms. The number of benzene rings is 2. The van der Waals surface area contributed by atoms with Crippen LogP contribution in [-0.4, -0.2) is 35.3 Å². The fraction of sp³-hybridized carbons (Fsp3) is 0.125. The monoisotopic (exact) mass is 412 g/mol. The van der Waals surface area contributed by atoms with Crippen molar-refractivity contribution in [3.63, 3.8) is 0 Å². The minimum atomic E-state index is -0.361. The number of amides is 1. The Bertz CT molecular complexity index is 1220. The van der Waals surface area contributed by atoms with E-state index in [0.29, 0.717) is 5.69 Å². The van der Waals surface area contributed by atoms with E-state index < -0.39 is 0 Å². The van der Waals surface area contributed by atoms with Crippen molar-refractivity contribution < 1.29 is 14.3 Å². The quantitative estimate of drug-likeness (QED) is 0.530. The Morgan fingerprint density at radius 2 is 1.61 bits per heavy atom. The number of rotatable bonds is 5. The summed E-state index contributed by atoms with van der Waals surface area (Å²) in [5.74, 6) is 1.35. The molecule has 3 heterocycles. The SMILES string of the molecule is COc1ccc(-c2n[nH]c3c2C(c2cccnc2)N(c2ccc(OC)cc2)C3=O)cc1. The molecule has 0 spiro atoms. The van der Waals surface area contributed by atoms with E-state index in [-0.39, 0.29) is 11.9 Å². The van der Waals surface area contributed by atoms with Gasteiger partial charge in [-0.05, 0) is 60.2 Å². The molecular weight excluding hydrogens is 392 g/mol. The van der Waals surface area contributed by atoms with Crippen LogP contribution < -0.4 is 14.4 Å². The number of hydrogen-bond donors (Lipinski definition) is 1. The van der Waals surface area contributed by atoms with Gasteiger partial charge in [0.25, 0.3) is 5.91 Å². The lowest BCUT2D eigenvalue weighted by Crippen LogP contribution is -2.29. The van der Waals surface area contributed by atoms with E-state index in [1.54, 1.807) is 31.5 Å². The molecule has 2 aromatic carbocycles. The Hall–Kier alpha value is -4.13. The summed E-state index contributed by atoms with van der Waals surface area (Å²) < 4.78 is 10.5. The molecule has 0 saturated heterocycles. The zero-order valence-electron chi connectivity index (χ0n) is 17.1. The minimum absolute atomic E-state index is 0.138. The first-order valence-corrected chi connectivity index (χ1v) is 9.81. The molecule has 1 aliphatic rings. The summed E-state index contributed by atoms with van der Waals surface area (Å²) in [4.78, 5) is 19.5. The van der Waals surface area contributed by atoms with Crippen molar-refractivity contribution in [1.29, 1.82) is 0 Å². The molecule has 1 unspecified atom stereocenters. The van der Waals surface area contributed by atoms with Gasteiger partial charge in [-0.25, -0.2) is 0 Å². The smallest absolute Gasteiger partial charge is 0.277 e. The minimum Gasteiger partial charge on any atom is -0.497 e. The van der Waals surface area contributed by atoms with Crippen molar-refractivity contribution in [1.82, 2.24) is 15.2 Å². The highest BCUT2D eigenvalue weighted by Gasteiger charge is 2.43. The molecule has 5 rings (SSSR count). The second-order valence-corrected chi connectivity index (χ2v) is 7.15. The van der Waals surface area contributed by atoms with Gasteiger partial charge in [-0.15, -0.1) is 0 Å². The number of aromatic nitrogens is 3. The summed E-state index contributed by atoms with van der Waals surface area (Å²) in [7, 11) is 3.25. The maximum Gasteiger partial charge on any atom is 0.277 e. The summed E-state index contributed by atoms with van der Waals surface area (Å²) in [6.45, 7) is 0. The van der Waals surface area contributed by atoms with E-state index in [0.717, 1.165) is 39.6 Å². The molecule has 1 N–H and O–H groups in total. The third-order valence-electron chi connectivity index (χ3n) is 5.48. The normalized spacial score (nSPS) is 15.1. The van der Waals surface area contributed by atoms with Crippen LogP contribution in [0, 0.1) is 0 Å². The molecule has 2 aromatic heterocycles. The Balaban J connectivity index is 1.66. The van der Waals surface area contributed by atoms with Gasteiger partial charge >= 0.3 is 0 Å². The maximum atomic E-state index is 13.5. The molecule has 0 fully saturated rings. The van der Waals surface area contributed by atoms with E-state index >= 15 is 0 Å². The fourth-order valence-electron chi connectivity index (χ4n) is 3.98. The van der Waals surface area contributed by atoms with E-state index in [4.69, 9.17) is 9.47 Å². The fourth-order valence-corrected chi connectivity index (χ4v) is 3.98. The van der Waals surface area contributed by atoms with Crippen LogP contribution >= 0.6 is 0 Å². The molecule has 1 atom stereocenters. The predicted octanol–water partition coefficient (Wildman–Crippen LogP) is 4.24. The highest BCUT2D eigenvalue weighted by molar-refractivity contribution is 6.11. The second kappa shape index (κ2) is 7.60. The Morgan fingerprint density at radius 3 is 2.23 bits per heavy atom. The number of aromatic amines is 1. The van der Waals surface area contributed by atoms with Crippen molar-refractivity contribution in [2.75, 3.05) is 19.1 Å². The van der Waals surface area contributed by atoms with Gasteiger partial charge in [-0.2, -0.15) is 5.10 Å². The topological polar surface area (TPSA) is 80.3 Å². The van der Waals surface area contributed by atoms with Gasteiger partial charge < -0.3 is 9.47 Å². The van der Waals surface area contributed by atoms with Gasteiger partial charge in [-0.3, -0.25) is 19.8 Å². The number of anilines is 1. The molecule has 4 aromatic rings. The number of carbonyl (C=O) groups excluding carboxylic acids is 1. The summed E-state index contributed by atoms with van der Waals surface area (Å²) in [5, 5.41) is 7.46. The number of ether oxygens (including phenoxy) is 2. The average Bonchev–Trinajstić information content (AvgIpc) is 3.39. The highest BCUT2D eigenvalue weighted by atomic mass is 16.5. The van der Waals surface area contributed by atoms with Crippen molar-refractivity contribution in [2.45, 2.75) is 6.04 Å². The van der Waals surface area contributed by atoms with Gasteiger partial charge in [0.1, 0.15) is 17.2 Å². The van der Waals surface area contributed by atoms with E-state index in [2.05, 4.69) is 15.2 Å². The molecule has 0 aliphatic carbocycles. The van der Waals surface area contributed by atoms with Crippen LogP contribution in [0.4, 0.5) is 5.69 Å². The number of pyridine rings is 1. The lowest BCUT2D eigenvalue weighted by molar-refractivity contribution is 0.0988. The number of hydrogen-bond acceptors (Lipinski definition) is 5. The molecule has 1 aliphatic heterocycles. The Labute approximate surface area is 179 Å². The molecule has 154 valence electrons. The van der Waals surface area contributed by atoms with Crippen LogP contribution in [0.3, 0.4) is 0 Å². The summed E-state index contributed by atoms with van der Waals surface area (Å²) in [6.07, 6.45) is 3.51. The van der Waals surface area contributed by atoms with Crippen LogP contribution in [0.2, 0.25) is 0 Å². The van der Waals surface area contributed by atoms with Crippen LogP contribution in [0.5, 0.6) is 11.5 Å². The first kappa shape index (κ1) is 18.9. The molecule has 7 nitrogen and oxygen atoms in total. The van der Waals surface area contributed by atoms with Gasteiger partial charge in [0.2, 0.25) is 0 Å². The molecule has 0 radical (unpaired) electrons. The second-order valence-electron chi connectivity index (χ2n) is 7.15. The lowest BCUT2D eigenvalue weighted by atomic mass is 9.97. The van der Waals surface area contributed by atoms with Crippen molar-refractivity contribution in [2.24, 2.45) is 0 Å². The zero-order chi connectivity index (χ0) is 21.4. The Morgan fingerprint density at radius 1 is 0.935 bits per heavy atom.